The number of nitrogens with one attached hydrogen (secondary N) is 1. The fourth-order valence-electron chi connectivity index (χ4n) is 3.47. The third-order valence-electron chi connectivity index (χ3n) is 4.90. The van der Waals surface area contributed by atoms with Crippen LogP contribution in [0.2, 0.25) is 0 Å². The normalized spacial score (nSPS) is 22.1. The fraction of sp³-hybridized carbons (Fsp3) is 0.500. The quantitative estimate of drug-likeness (QED) is 0.799. The van der Waals surface area contributed by atoms with Crippen LogP contribution in [0.25, 0.3) is 0 Å². The molecule has 4 amide bonds. The minimum Gasteiger partial charge on any atom is -0.334 e. The first kappa shape index (κ1) is 17.4. The molecular formula is C18H24N4O3. The number of imide groups is 1. The second kappa shape index (κ2) is 7.23. The lowest BCUT2D eigenvalue weighted by atomic mass is 9.96. The Labute approximate surface area is 147 Å². The molecular weight excluding hydrogens is 320 g/mol. The molecule has 0 aromatic heterocycles. The maximum Gasteiger partial charge on any atom is 0.324 e. The van der Waals surface area contributed by atoms with E-state index in [2.05, 4.69) is 5.32 Å². The van der Waals surface area contributed by atoms with E-state index in [1.807, 2.05) is 11.8 Å². The highest BCUT2D eigenvalue weighted by Crippen LogP contribution is 2.22. The van der Waals surface area contributed by atoms with Crippen LogP contribution in [-0.2, 0) is 11.3 Å². The molecule has 3 N–H and O–H groups in total. The highest BCUT2D eigenvalue weighted by Gasteiger charge is 2.30. The zero-order valence-electron chi connectivity index (χ0n) is 14.4. The minimum absolute atomic E-state index is 0.0106. The van der Waals surface area contributed by atoms with Crippen LogP contribution < -0.4 is 11.1 Å². The van der Waals surface area contributed by atoms with Crippen molar-refractivity contribution in [3.63, 3.8) is 0 Å². The number of benzene rings is 1. The Morgan fingerprint density at radius 1 is 1.28 bits per heavy atom. The maximum absolute atomic E-state index is 12.8. The molecule has 0 spiro atoms. The zero-order chi connectivity index (χ0) is 18.0. The van der Waals surface area contributed by atoms with Gasteiger partial charge in [0.15, 0.2) is 0 Å². The molecule has 1 aromatic carbocycles. The van der Waals surface area contributed by atoms with E-state index in [0.717, 1.165) is 31.4 Å². The molecule has 0 radical (unpaired) electrons. The maximum atomic E-state index is 12.8. The summed E-state index contributed by atoms with van der Waals surface area (Å²) < 4.78 is 0. The Hall–Kier alpha value is -2.41. The van der Waals surface area contributed by atoms with Crippen molar-refractivity contribution in [3.05, 3.63) is 35.4 Å². The number of nitrogens with zero attached hydrogens (tertiary/aromatic N) is 2. The molecule has 2 unspecified atom stereocenters. The number of urea groups is 1. The number of hydrogen-bond donors (Lipinski definition) is 2. The van der Waals surface area contributed by atoms with Crippen molar-refractivity contribution in [1.82, 2.24) is 15.1 Å². The van der Waals surface area contributed by atoms with Crippen LogP contribution in [0.3, 0.4) is 0 Å². The lowest BCUT2D eigenvalue weighted by Gasteiger charge is -2.38. The van der Waals surface area contributed by atoms with Crippen LogP contribution in [0.4, 0.5) is 4.79 Å². The Kier molecular flexibility index (Phi) is 5.03. The standard InChI is InChI=1S/C18H24N4O3/c1-12(19)15-4-2-3-9-21(15)17(24)14-7-5-13(6-8-14)11-22-16(23)10-20-18(22)25/h5-8,12,15H,2-4,9-11,19H2,1H3,(H,20,25). The van der Waals surface area contributed by atoms with Gasteiger partial charge in [-0.3, -0.25) is 14.5 Å². The first-order valence-electron chi connectivity index (χ1n) is 8.71. The summed E-state index contributed by atoms with van der Waals surface area (Å²) in [5.74, 6) is -0.248. The zero-order valence-corrected chi connectivity index (χ0v) is 14.4. The average Bonchev–Trinajstić information content (AvgIpc) is 2.93. The molecule has 2 atom stereocenters. The number of rotatable bonds is 4. The van der Waals surface area contributed by atoms with Crippen LogP contribution in [0.1, 0.15) is 42.1 Å². The summed E-state index contributed by atoms with van der Waals surface area (Å²) >= 11 is 0. The Morgan fingerprint density at radius 3 is 2.60 bits per heavy atom. The number of likely N-dealkylation sites (tertiary alicyclic amines) is 1. The van der Waals surface area contributed by atoms with Crippen molar-refractivity contribution >= 4 is 17.8 Å². The minimum atomic E-state index is -0.377. The Bertz CT molecular complexity index is 655. The molecule has 0 aliphatic carbocycles. The summed E-state index contributed by atoms with van der Waals surface area (Å²) in [5, 5.41) is 2.49. The number of amides is 4. The number of piperidine rings is 1. The van der Waals surface area contributed by atoms with Gasteiger partial charge < -0.3 is 16.0 Å². The van der Waals surface area contributed by atoms with Gasteiger partial charge in [-0.15, -0.1) is 0 Å². The summed E-state index contributed by atoms with van der Waals surface area (Å²) in [6.07, 6.45) is 3.04. The second-order valence-corrected chi connectivity index (χ2v) is 6.76. The summed E-state index contributed by atoms with van der Waals surface area (Å²) in [6, 6.07) is 6.73. The molecule has 2 heterocycles. The van der Waals surface area contributed by atoms with Gasteiger partial charge in [-0.1, -0.05) is 12.1 Å². The van der Waals surface area contributed by atoms with Crippen molar-refractivity contribution in [2.24, 2.45) is 5.73 Å². The Morgan fingerprint density at radius 2 is 2.00 bits per heavy atom. The topological polar surface area (TPSA) is 95.7 Å². The summed E-state index contributed by atoms with van der Waals surface area (Å²) in [4.78, 5) is 39.1. The predicted molar refractivity (Wildman–Crippen MR) is 92.7 cm³/mol. The van der Waals surface area contributed by atoms with E-state index >= 15 is 0 Å². The van der Waals surface area contributed by atoms with Crippen molar-refractivity contribution in [3.8, 4) is 0 Å². The molecule has 0 saturated carbocycles. The molecule has 7 nitrogen and oxygen atoms in total. The molecule has 7 heteroatoms. The van der Waals surface area contributed by atoms with Crippen LogP contribution in [0.15, 0.2) is 24.3 Å². The van der Waals surface area contributed by atoms with Gasteiger partial charge in [0.1, 0.15) is 0 Å². The molecule has 2 aliphatic heterocycles. The van der Waals surface area contributed by atoms with Crippen LogP contribution in [0.5, 0.6) is 0 Å². The molecule has 2 aliphatic rings. The van der Waals surface area contributed by atoms with Crippen LogP contribution in [-0.4, -0.2) is 52.8 Å². The molecule has 0 bridgehead atoms. The van der Waals surface area contributed by atoms with Gasteiger partial charge >= 0.3 is 6.03 Å². The van der Waals surface area contributed by atoms with Gasteiger partial charge in [0.05, 0.1) is 13.1 Å². The first-order valence-corrected chi connectivity index (χ1v) is 8.71. The average molecular weight is 344 g/mol. The lowest BCUT2D eigenvalue weighted by molar-refractivity contribution is -0.125. The largest absolute Gasteiger partial charge is 0.334 e. The predicted octanol–water partition coefficient (Wildman–Crippen LogP) is 1.08. The third-order valence-corrected chi connectivity index (χ3v) is 4.90. The molecule has 1 aromatic rings. The molecule has 2 saturated heterocycles. The summed E-state index contributed by atoms with van der Waals surface area (Å²) in [5.41, 5.74) is 7.46. The van der Waals surface area contributed by atoms with Gasteiger partial charge in [-0.05, 0) is 43.9 Å². The van der Waals surface area contributed by atoms with Gasteiger partial charge in [-0.25, -0.2) is 4.79 Å². The first-order chi connectivity index (χ1) is 12.0. The smallest absolute Gasteiger partial charge is 0.324 e. The van der Waals surface area contributed by atoms with E-state index in [1.165, 1.54) is 4.90 Å². The number of carbonyl (C=O) groups excluding carboxylic acids is 3. The van der Waals surface area contributed by atoms with E-state index in [-0.39, 0.29) is 43.0 Å². The van der Waals surface area contributed by atoms with Crippen molar-refractivity contribution < 1.29 is 14.4 Å². The summed E-state index contributed by atoms with van der Waals surface area (Å²) in [7, 11) is 0. The van der Waals surface area contributed by atoms with Gasteiger partial charge in [-0.2, -0.15) is 0 Å². The van der Waals surface area contributed by atoms with E-state index in [9.17, 15) is 14.4 Å². The van der Waals surface area contributed by atoms with E-state index < -0.39 is 0 Å². The fourth-order valence-corrected chi connectivity index (χ4v) is 3.47. The summed E-state index contributed by atoms with van der Waals surface area (Å²) in [6.45, 7) is 2.93. The van der Waals surface area contributed by atoms with Crippen molar-refractivity contribution in [2.45, 2.75) is 44.8 Å². The molecule has 25 heavy (non-hydrogen) atoms. The van der Waals surface area contributed by atoms with Crippen molar-refractivity contribution in [1.29, 1.82) is 0 Å². The number of carbonyl (C=O) groups is 3. The van der Waals surface area contributed by atoms with E-state index in [0.29, 0.717) is 5.56 Å². The third kappa shape index (κ3) is 3.66. The van der Waals surface area contributed by atoms with Crippen LogP contribution in [0, 0.1) is 0 Å². The number of nitrogens with two attached hydrogens (primary N) is 1. The second-order valence-electron chi connectivity index (χ2n) is 6.76. The highest BCUT2D eigenvalue weighted by atomic mass is 16.2. The monoisotopic (exact) mass is 344 g/mol. The lowest BCUT2D eigenvalue weighted by Crippen LogP contribution is -2.51. The molecule has 134 valence electrons. The van der Waals surface area contributed by atoms with Gasteiger partial charge in [0.2, 0.25) is 5.91 Å². The van der Waals surface area contributed by atoms with Crippen molar-refractivity contribution in [2.75, 3.05) is 13.1 Å². The SMILES string of the molecule is CC(N)C1CCCCN1C(=O)c1ccc(CN2C(=O)CNC2=O)cc1. The Balaban J connectivity index is 1.70. The molecule has 2 fully saturated rings. The molecule has 3 rings (SSSR count). The highest BCUT2D eigenvalue weighted by molar-refractivity contribution is 6.01. The number of hydrogen-bond acceptors (Lipinski definition) is 4. The van der Waals surface area contributed by atoms with Crippen LogP contribution >= 0.6 is 0 Å². The van der Waals surface area contributed by atoms with Gasteiger partial charge in [0, 0.05) is 24.2 Å². The van der Waals surface area contributed by atoms with E-state index in [1.54, 1.807) is 24.3 Å². The van der Waals surface area contributed by atoms with E-state index in [4.69, 9.17) is 5.73 Å². The van der Waals surface area contributed by atoms with Gasteiger partial charge in [0.25, 0.3) is 5.91 Å².